The summed E-state index contributed by atoms with van der Waals surface area (Å²) in [5, 5.41) is 0. The van der Waals surface area contributed by atoms with Gasteiger partial charge in [-0.15, -0.1) is 0 Å². The summed E-state index contributed by atoms with van der Waals surface area (Å²) in [6.07, 6.45) is 1.25. The zero-order chi connectivity index (χ0) is 11.7. The molecule has 3 heteroatoms. The van der Waals surface area contributed by atoms with Crippen LogP contribution in [0.4, 0.5) is 0 Å². The molecule has 0 N–H and O–H groups in total. The molecule has 0 heterocycles. The molecule has 0 saturated carbocycles. The van der Waals surface area contributed by atoms with E-state index in [0.29, 0.717) is 0 Å². The summed E-state index contributed by atoms with van der Waals surface area (Å²) in [5.74, 6) is 0. The molecule has 0 fully saturated rings. The van der Waals surface area contributed by atoms with Crippen molar-refractivity contribution in [2.24, 2.45) is 0 Å². The lowest BCUT2D eigenvalue weighted by Gasteiger charge is -2.23. The van der Waals surface area contributed by atoms with Crippen LogP contribution in [-0.4, -0.2) is 75.1 Å². The summed E-state index contributed by atoms with van der Waals surface area (Å²) in [5.41, 5.74) is 0. The second-order valence-corrected chi connectivity index (χ2v) is 4.50. The van der Waals surface area contributed by atoms with Gasteiger partial charge in [0.1, 0.15) is 0 Å². The fraction of sp³-hybridized carbons (Fsp3) is 1.00. The third-order valence-corrected chi connectivity index (χ3v) is 2.87. The molecule has 0 spiro atoms. The Labute approximate surface area is 96.0 Å². The highest BCUT2D eigenvalue weighted by Gasteiger charge is 2.02. The quantitative estimate of drug-likeness (QED) is 0.572. The lowest BCUT2D eigenvalue weighted by molar-refractivity contribution is 0.229. The molecule has 0 radical (unpaired) electrons. The number of nitrogens with zero attached hydrogens (tertiary/aromatic N) is 3. The molecule has 0 atom stereocenters. The molecule has 0 saturated heterocycles. The van der Waals surface area contributed by atoms with Crippen molar-refractivity contribution < 1.29 is 0 Å². The highest BCUT2D eigenvalue weighted by Crippen LogP contribution is 1.90. The van der Waals surface area contributed by atoms with Crippen LogP contribution in [0.15, 0.2) is 0 Å². The topological polar surface area (TPSA) is 9.72 Å². The van der Waals surface area contributed by atoms with Gasteiger partial charge in [0.25, 0.3) is 0 Å². The first-order valence-electron chi connectivity index (χ1n) is 6.15. The van der Waals surface area contributed by atoms with Crippen molar-refractivity contribution in [3.8, 4) is 0 Å². The summed E-state index contributed by atoms with van der Waals surface area (Å²) in [6.45, 7) is 11.5. The Bertz CT molecular complexity index is 139. The summed E-state index contributed by atoms with van der Waals surface area (Å²) in [6, 6.07) is 0. The number of hydrogen-bond donors (Lipinski definition) is 0. The van der Waals surface area contributed by atoms with Gasteiger partial charge >= 0.3 is 0 Å². The molecule has 0 aromatic heterocycles. The van der Waals surface area contributed by atoms with E-state index in [1.807, 2.05) is 0 Å². The molecule has 92 valence electrons. The Kier molecular flexibility index (Phi) is 9.06. The average molecular weight is 215 g/mol. The van der Waals surface area contributed by atoms with Crippen molar-refractivity contribution in [3.05, 3.63) is 0 Å². The zero-order valence-electron chi connectivity index (χ0n) is 11.3. The molecule has 3 nitrogen and oxygen atoms in total. The number of likely N-dealkylation sites (N-methyl/N-ethyl adjacent to an activating group) is 3. The van der Waals surface area contributed by atoms with Crippen LogP contribution in [0.5, 0.6) is 0 Å². The molecule has 0 aromatic rings. The first-order valence-corrected chi connectivity index (χ1v) is 6.15. The minimum Gasteiger partial charge on any atom is -0.305 e. The van der Waals surface area contributed by atoms with E-state index >= 15 is 0 Å². The van der Waals surface area contributed by atoms with Crippen molar-refractivity contribution in [2.75, 3.05) is 60.4 Å². The monoisotopic (exact) mass is 215 g/mol. The molecule has 0 rings (SSSR count). The van der Waals surface area contributed by atoms with E-state index in [9.17, 15) is 0 Å². The molecular weight excluding hydrogens is 186 g/mol. The maximum Gasteiger partial charge on any atom is 0.0107 e. The van der Waals surface area contributed by atoms with Gasteiger partial charge in [0.05, 0.1) is 0 Å². The van der Waals surface area contributed by atoms with Gasteiger partial charge in [-0.1, -0.05) is 13.8 Å². The predicted octanol–water partition coefficient (Wildman–Crippen LogP) is 1.21. The van der Waals surface area contributed by atoms with Crippen LogP contribution in [0, 0.1) is 0 Å². The normalized spacial score (nSPS) is 12.0. The summed E-state index contributed by atoms with van der Waals surface area (Å²) < 4.78 is 0. The predicted molar refractivity (Wildman–Crippen MR) is 68.5 cm³/mol. The standard InChI is InChI=1S/C12H29N3/c1-6-8-14(4)11-12-15(5)10-9-13(3)7-2/h6-12H2,1-5H3. The van der Waals surface area contributed by atoms with Gasteiger partial charge in [-0.05, 0) is 40.7 Å². The third kappa shape index (κ3) is 8.85. The number of hydrogen-bond acceptors (Lipinski definition) is 3. The van der Waals surface area contributed by atoms with E-state index in [0.717, 1.165) is 6.54 Å². The van der Waals surface area contributed by atoms with Crippen molar-refractivity contribution in [1.82, 2.24) is 14.7 Å². The second-order valence-electron chi connectivity index (χ2n) is 4.50. The van der Waals surface area contributed by atoms with E-state index in [4.69, 9.17) is 0 Å². The zero-order valence-corrected chi connectivity index (χ0v) is 11.3. The molecule has 0 aliphatic carbocycles. The number of rotatable bonds is 9. The Balaban J connectivity index is 3.44. The molecule has 0 aromatic carbocycles. The largest absolute Gasteiger partial charge is 0.305 e. The third-order valence-electron chi connectivity index (χ3n) is 2.87. The van der Waals surface area contributed by atoms with Gasteiger partial charge in [0, 0.05) is 26.2 Å². The molecule has 15 heavy (non-hydrogen) atoms. The van der Waals surface area contributed by atoms with Gasteiger partial charge in [0.15, 0.2) is 0 Å². The fourth-order valence-corrected chi connectivity index (χ4v) is 1.45. The van der Waals surface area contributed by atoms with Gasteiger partial charge < -0.3 is 14.7 Å². The Hall–Kier alpha value is -0.120. The molecular formula is C12H29N3. The van der Waals surface area contributed by atoms with Crippen LogP contribution in [0.1, 0.15) is 20.3 Å². The van der Waals surface area contributed by atoms with Crippen LogP contribution >= 0.6 is 0 Å². The van der Waals surface area contributed by atoms with E-state index < -0.39 is 0 Å². The maximum absolute atomic E-state index is 2.42. The summed E-state index contributed by atoms with van der Waals surface area (Å²) in [4.78, 5) is 7.17. The van der Waals surface area contributed by atoms with Crippen molar-refractivity contribution >= 4 is 0 Å². The SMILES string of the molecule is CCCN(C)CCN(C)CCN(C)CC. The van der Waals surface area contributed by atoms with E-state index in [1.54, 1.807) is 0 Å². The van der Waals surface area contributed by atoms with E-state index in [1.165, 1.54) is 39.1 Å². The molecule has 0 aliphatic rings. The van der Waals surface area contributed by atoms with Crippen LogP contribution < -0.4 is 0 Å². The van der Waals surface area contributed by atoms with Crippen LogP contribution in [0.3, 0.4) is 0 Å². The highest BCUT2D eigenvalue weighted by atomic mass is 15.2. The Morgan fingerprint density at radius 2 is 1.00 bits per heavy atom. The summed E-state index contributed by atoms with van der Waals surface area (Å²) >= 11 is 0. The molecule has 0 unspecified atom stereocenters. The fourth-order valence-electron chi connectivity index (χ4n) is 1.45. The van der Waals surface area contributed by atoms with Gasteiger partial charge in [0.2, 0.25) is 0 Å². The molecule has 0 aliphatic heterocycles. The average Bonchev–Trinajstić information content (AvgIpc) is 2.23. The van der Waals surface area contributed by atoms with Gasteiger partial charge in [-0.25, -0.2) is 0 Å². The van der Waals surface area contributed by atoms with Crippen molar-refractivity contribution in [1.29, 1.82) is 0 Å². The smallest absolute Gasteiger partial charge is 0.0107 e. The second kappa shape index (κ2) is 9.13. The van der Waals surface area contributed by atoms with Gasteiger partial charge in [-0.3, -0.25) is 0 Å². The Morgan fingerprint density at radius 3 is 1.40 bits per heavy atom. The first-order chi connectivity index (χ1) is 7.10. The van der Waals surface area contributed by atoms with Crippen LogP contribution in [-0.2, 0) is 0 Å². The van der Waals surface area contributed by atoms with E-state index in [-0.39, 0.29) is 0 Å². The maximum atomic E-state index is 2.42. The lowest BCUT2D eigenvalue weighted by Crippen LogP contribution is -2.35. The summed E-state index contributed by atoms with van der Waals surface area (Å²) in [7, 11) is 6.59. The first kappa shape index (κ1) is 14.9. The van der Waals surface area contributed by atoms with Gasteiger partial charge in [-0.2, -0.15) is 0 Å². The molecule has 0 amide bonds. The highest BCUT2D eigenvalue weighted by molar-refractivity contribution is 4.58. The van der Waals surface area contributed by atoms with E-state index in [2.05, 4.69) is 49.7 Å². The lowest BCUT2D eigenvalue weighted by atomic mass is 10.4. The minimum atomic E-state index is 1.14. The van der Waals surface area contributed by atoms with Crippen molar-refractivity contribution in [3.63, 3.8) is 0 Å². The Morgan fingerprint density at radius 1 is 0.600 bits per heavy atom. The van der Waals surface area contributed by atoms with Crippen LogP contribution in [0.2, 0.25) is 0 Å². The molecule has 0 bridgehead atoms. The minimum absolute atomic E-state index is 1.14. The van der Waals surface area contributed by atoms with Crippen LogP contribution in [0.25, 0.3) is 0 Å². The van der Waals surface area contributed by atoms with Crippen molar-refractivity contribution in [2.45, 2.75) is 20.3 Å².